The largest absolute Gasteiger partial charge is 0.504 e. The number of aromatic nitrogens is 1. The predicted molar refractivity (Wildman–Crippen MR) is 91.0 cm³/mol. The number of carbonyl (C=O) groups is 2. The standard InChI is InChI=1S/C19H16N2O3/c1-2-6-15(21-12-7-5-10-20-11-12)16-17(22)13-8-3-4-9-14(13)18(23)19(16)24/h3-5,7-11,24H,2,6H2,1H3/b21-15-. The predicted octanol–water partition coefficient (Wildman–Crippen LogP) is 3.85. The molecule has 1 aromatic carbocycles. The van der Waals surface area contributed by atoms with Crippen LogP contribution < -0.4 is 0 Å². The molecule has 5 nitrogen and oxygen atoms in total. The number of hydrogen-bond acceptors (Lipinski definition) is 5. The van der Waals surface area contributed by atoms with Crippen molar-refractivity contribution in [2.75, 3.05) is 0 Å². The Labute approximate surface area is 139 Å². The molecule has 0 aliphatic heterocycles. The number of fused-ring (bicyclic) bond motifs is 1. The Morgan fingerprint density at radius 2 is 1.79 bits per heavy atom. The number of aliphatic hydroxyl groups excluding tert-OH is 1. The number of aliphatic hydroxyl groups is 1. The molecule has 24 heavy (non-hydrogen) atoms. The lowest BCUT2D eigenvalue weighted by atomic mass is 9.85. The van der Waals surface area contributed by atoms with Crippen LogP contribution in [-0.4, -0.2) is 27.4 Å². The molecule has 3 rings (SSSR count). The van der Waals surface area contributed by atoms with Crippen LogP contribution >= 0.6 is 0 Å². The van der Waals surface area contributed by atoms with Crippen LogP contribution in [0.5, 0.6) is 0 Å². The molecule has 1 heterocycles. The molecule has 0 saturated heterocycles. The molecule has 120 valence electrons. The highest BCUT2D eigenvalue weighted by molar-refractivity contribution is 6.37. The van der Waals surface area contributed by atoms with Crippen molar-refractivity contribution in [2.45, 2.75) is 19.8 Å². The van der Waals surface area contributed by atoms with E-state index in [9.17, 15) is 14.7 Å². The van der Waals surface area contributed by atoms with Crippen molar-refractivity contribution < 1.29 is 14.7 Å². The summed E-state index contributed by atoms with van der Waals surface area (Å²) in [7, 11) is 0. The van der Waals surface area contributed by atoms with Crippen molar-refractivity contribution in [1.29, 1.82) is 0 Å². The number of pyridine rings is 1. The summed E-state index contributed by atoms with van der Waals surface area (Å²) in [5, 5.41) is 10.3. The highest BCUT2D eigenvalue weighted by Crippen LogP contribution is 2.28. The summed E-state index contributed by atoms with van der Waals surface area (Å²) in [6, 6.07) is 9.99. The second-order valence-corrected chi connectivity index (χ2v) is 5.45. The molecule has 0 bridgehead atoms. The van der Waals surface area contributed by atoms with E-state index in [4.69, 9.17) is 0 Å². The molecule has 2 aromatic rings. The molecule has 0 unspecified atom stereocenters. The number of carbonyl (C=O) groups excluding carboxylic acids is 2. The quantitative estimate of drug-likeness (QED) is 0.868. The molecule has 1 aromatic heterocycles. The molecular weight excluding hydrogens is 304 g/mol. The van der Waals surface area contributed by atoms with Crippen LogP contribution in [0.1, 0.15) is 40.5 Å². The van der Waals surface area contributed by atoms with Crippen molar-refractivity contribution in [3.05, 3.63) is 71.3 Å². The van der Waals surface area contributed by atoms with Crippen molar-refractivity contribution in [3.8, 4) is 0 Å². The Balaban J connectivity index is 2.14. The Morgan fingerprint density at radius 1 is 1.08 bits per heavy atom. The Morgan fingerprint density at radius 3 is 2.42 bits per heavy atom. The van der Waals surface area contributed by atoms with Gasteiger partial charge in [0.2, 0.25) is 5.78 Å². The van der Waals surface area contributed by atoms with E-state index in [1.165, 1.54) is 0 Å². The van der Waals surface area contributed by atoms with Gasteiger partial charge in [-0.3, -0.25) is 19.6 Å². The number of aliphatic imine (C=N–C) groups is 1. The summed E-state index contributed by atoms with van der Waals surface area (Å²) < 4.78 is 0. The average Bonchev–Trinajstić information content (AvgIpc) is 2.61. The van der Waals surface area contributed by atoms with Crippen molar-refractivity contribution in [1.82, 2.24) is 4.98 Å². The minimum Gasteiger partial charge on any atom is -0.504 e. The first-order valence-corrected chi connectivity index (χ1v) is 7.73. The second-order valence-electron chi connectivity index (χ2n) is 5.45. The van der Waals surface area contributed by atoms with Gasteiger partial charge in [-0.25, -0.2) is 0 Å². The van der Waals surface area contributed by atoms with E-state index in [1.807, 2.05) is 6.92 Å². The first kappa shape index (κ1) is 15.8. The molecule has 5 heteroatoms. The van der Waals surface area contributed by atoms with Crippen LogP contribution in [0.2, 0.25) is 0 Å². The zero-order chi connectivity index (χ0) is 17.1. The SMILES string of the molecule is CCC/C(=N/c1cccnc1)C1=C(O)C(=O)c2ccccc2C1=O. The maximum absolute atomic E-state index is 12.8. The van der Waals surface area contributed by atoms with Crippen LogP contribution in [0, 0.1) is 0 Å². The molecular formula is C19H16N2O3. The van der Waals surface area contributed by atoms with Crippen molar-refractivity contribution in [3.63, 3.8) is 0 Å². The molecule has 0 radical (unpaired) electrons. The third kappa shape index (κ3) is 2.76. The summed E-state index contributed by atoms with van der Waals surface area (Å²) in [6.45, 7) is 1.94. The number of nitrogens with zero attached hydrogens (tertiary/aromatic N) is 2. The highest BCUT2D eigenvalue weighted by Gasteiger charge is 2.34. The number of hydrogen-bond donors (Lipinski definition) is 1. The van der Waals surface area contributed by atoms with Crippen LogP contribution in [0.3, 0.4) is 0 Å². The van der Waals surface area contributed by atoms with Gasteiger partial charge in [0.15, 0.2) is 11.5 Å². The van der Waals surface area contributed by atoms with Crippen LogP contribution in [-0.2, 0) is 0 Å². The Hall–Kier alpha value is -3.08. The molecule has 0 saturated carbocycles. The fourth-order valence-electron chi connectivity index (χ4n) is 2.68. The van der Waals surface area contributed by atoms with E-state index in [1.54, 1.807) is 48.8 Å². The maximum Gasteiger partial charge on any atom is 0.228 e. The smallest absolute Gasteiger partial charge is 0.228 e. The first-order valence-electron chi connectivity index (χ1n) is 7.73. The molecule has 1 aliphatic carbocycles. The molecule has 0 fully saturated rings. The van der Waals surface area contributed by atoms with Gasteiger partial charge in [-0.15, -0.1) is 0 Å². The summed E-state index contributed by atoms with van der Waals surface area (Å²) in [4.78, 5) is 33.7. The molecule has 0 spiro atoms. The van der Waals surface area contributed by atoms with E-state index in [0.717, 1.165) is 6.42 Å². The zero-order valence-corrected chi connectivity index (χ0v) is 13.2. The molecule has 0 atom stereocenters. The lowest BCUT2D eigenvalue weighted by molar-refractivity contribution is 0.0934. The maximum atomic E-state index is 12.8. The van der Waals surface area contributed by atoms with E-state index in [-0.39, 0.29) is 16.9 Å². The average molecular weight is 320 g/mol. The monoisotopic (exact) mass is 320 g/mol. The Kier molecular flexibility index (Phi) is 4.33. The number of ketones is 2. The van der Waals surface area contributed by atoms with E-state index >= 15 is 0 Å². The topological polar surface area (TPSA) is 79.6 Å². The van der Waals surface area contributed by atoms with Gasteiger partial charge >= 0.3 is 0 Å². The van der Waals surface area contributed by atoms with Crippen molar-refractivity contribution >= 4 is 23.0 Å². The van der Waals surface area contributed by atoms with Crippen LogP contribution in [0.4, 0.5) is 5.69 Å². The lowest BCUT2D eigenvalue weighted by Crippen LogP contribution is -2.26. The van der Waals surface area contributed by atoms with Crippen LogP contribution in [0.15, 0.2) is 65.1 Å². The van der Waals surface area contributed by atoms with Gasteiger partial charge in [-0.05, 0) is 18.6 Å². The second kappa shape index (κ2) is 6.58. The van der Waals surface area contributed by atoms with Gasteiger partial charge in [0, 0.05) is 17.3 Å². The minimum absolute atomic E-state index is 0.00981. The first-order chi connectivity index (χ1) is 11.6. The van der Waals surface area contributed by atoms with Gasteiger partial charge in [0.05, 0.1) is 23.2 Å². The van der Waals surface area contributed by atoms with E-state index in [2.05, 4.69) is 9.98 Å². The van der Waals surface area contributed by atoms with Gasteiger partial charge in [-0.1, -0.05) is 37.6 Å². The lowest BCUT2D eigenvalue weighted by Gasteiger charge is -2.18. The minimum atomic E-state index is -0.546. The van der Waals surface area contributed by atoms with Crippen LogP contribution in [0.25, 0.3) is 0 Å². The number of allylic oxidation sites excluding steroid dienone is 2. The molecule has 0 amide bonds. The third-order valence-corrected chi connectivity index (χ3v) is 3.78. The third-order valence-electron chi connectivity index (χ3n) is 3.78. The van der Waals surface area contributed by atoms with Gasteiger partial charge in [-0.2, -0.15) is 0 Å². The highest BCUT2D eigenvalue weighted by atomic mass is 16.3. The Bertz CT molecular complexity index is 867. The van der Waals surface area contributed by atoms with Crippen molar-refractivity contribution in [2.24, 2.45) is 4.99 Å². The summed E-state index contributed by atoms with van der Waals surface area (Å²) in [6.07, 6.45) is 4.38. The molecule has 1 N–H and O–H groups in total. The van der Waals surface area contributed by atoms with Gasteiger partial charge < -0.3 is 5.11 Å². The summed E-state index contributed by atoms with van der Waals surface area (Å²) >= 11 is 0. The normalized spacial score (nSPS) is 14.8. The summed E-state index contributed by atoms with van der Waals surface area (Å²) in [5.41, 5.74) is 1.48. The van der Waals surface area contributed by atoms with E-state index < -0.39 is 11.5 Å². The number of benzene rings is 1. The number of Topliss-reactive ketones (excluding diaryl/α,β-unsaturated/α-hetero) is 2. The van der Waals surface area contributed by atoms with Gasteiger partial charge in [0.25, 0.3) is 0 Å². The fraction of sp³-hybridized carbons (Fsp3) is 0.158. The van der Waals surface area contributed by atoms with E-state index in [0.29, 0.717) is 23.4 Å². The number of rotatable bonds is 4. The zero-order valence-electron chi connectivity index (χ0n) is 13.2. The summed E-state index contributed by atoms with van der Waals surface area (Å²) in [5.74, 6) is -1.45. The fourth-order valence-corrected chi connectivity index (χ4v) is 2.68. The van der Waals surface area contributed by atoms with Gasteiger partial charge in [0.1, 0.15) is 0 Å². The molecule has 1 aliphatic rings.